The number of rotatable bonds is 9. The Balaban J connectivity index is 1.52. The molecule has 0 radical (unpaired) electrons. The molecule has 7 heteroatoms. The molecule has 2 aliphatic rings. The number of aromatic nitrogens is 2. The van der Waals surface area contributed by atoms with Crippen LogP contribution in [-0.4, -0.2) is 64.2 Å². The third-order valence-electron chi connectivity index (χ3n) is 6.45. The average molecular weight is 461 g/mol. The van der Waals surface area contributed by atoms with Crippen LogP contribution in [0.4, 0.5) is 0 Å². The highest BCUT2D eigenvalue weighted by Gasteiger charge is 2.27. The molecular weight excluding hydrogens is 428 g/mol. The second-order valence-corrected chi connectivity index (χ2v) is 10.5. The molecular formula is C24H33ClN4OS. The predicted molar refractivity (Wildman–Crippen MR) is 128 cm³/mol. The van der Waals surface area contributed by atoms with Gasteiger partial charge in [0.2, 0.25) is 0 Å². The first kappa shape index (κ1) is 22.7. The molecule has 31 heavy (non-hydrogen) atoms. The van der Waals surface area contributed by atoms with Crippen LogP contribution < -0.4 is 0 Å². The van der Waals surface area contributed by atoms with Gasteiger partial charge in [0.25, 0.3) is 5.91 Å². The fourth-order valence-electron chi connectivity index (χ4n) is 4.37. The standard InChI is InChI=1S/C24H33ClN4OS/c1-27(17-18-8-9-18)14-15-31-24-26-16-22(29(24)21-12-10-19(25)11-13-21)23(30)28(2)20-6-4-3-5-7-20/h10-13,16,18,20H,3-9,14-15,17H2,1-2H3. The van der Waals surface area contributed by atoms with Crippen LogP contribution in [0.25, 0.3) is 5.69 Å². The summed E-state index contributed by atoms with van der Waals surface area (Å²) in [5, 5.41) is 1.55. The van der Waals surface area contributed by atoms with Crippen LogP contribution in [0.15, 0.2) is 35.6 Å². The number of hydrogen-bond acceptors (Lipinski definition) is 4. The summed E-state index contributed by atoms with van der Waals surface area (Å²) in [5.41, 5.74) is 1.56. The minimum absolute atomic E-state index is 0.0482. The fourth-order valence-corrected chi connectivity index (χ4v) is 5.54. The third-order valence-corrected chi connectivity index (χ3v) is 7.63. The van der Waals surface area contributed by atoms with Gasteiger partial charge in [-0.2, -0.15) is 0 Å². The molecule has 2 aromatic rings. The molecule has 4 rings (SSSR count). The van der Waals surface area contributed by atoms with E-state index in [2.05, 4.69) is 16.9 Å². The van der Waals surface area contributed by atoms with Crippen molar-refractivity contribution in [3.63, 3.8) is 0 Å². The summed E-state index contributed by atoms with van der Waals surface area (Å²) in [6, 6.07) is 7.99. The summed E-state index contributed by atoms with van der Waals surface area (Å²) in [5.74, 6) is 1.89. The van der Waals surface area contributed by atoms with Crippen molar-refractivity contribution < 1.29 is 4.79 Å². The van der Waals surface area contributed by atoms with E-state index in [4.69, 9.17) is 11.6 Å². The van der Waals surface area contributed by atoms with E-state index in [-0.39, 0.29) is 5.91 Å². The molecule has 1 heterocycles. The van der Waals surface area contributed by atoms with Crippen molar-refractivity contribution in [3.05, 3.63) is 41.2 Å². The molecule has 0 spiro atoms. The van der Waals surface area contributed by atoms with Gasteiger partial charge in [0.05, 0.1) is 6.20 Å². The van der Waals surface area contributed by atoms with Crippen molar-refractivity contribution in [2.75, 3.05) is 32.9 Å². The Morgan fingerprint density at radius 2 is 1.84 bits per heavy atom. The lowest BCUT2D eigenvalue weighted by Crippen LogP contribution is -2.39. The van der Waals surface area contributed by atoms with Gasteiger partial charge < -0.3 is 9.80 Å². The van der Waals surface area contributed by atoms with Crippen LogP contribution in [0, 0.1) is 5.92 Å². The molecule has 1 aromatic heterocycles. The van der Waals surface area contributed by atoms with Crippen LogP contribution in [0.5, 0.6) is 0 Å². The highest BCUT2D eigenvalue weighted by Crippen LogP contribution is 2.30. The molecule has 0 unspecified atom stereocenters. The molecule has 0 bridgehead atoms. The van der Waals surface area contributed by atoms with Crippen molar-refractivity contribution in [2.45, 2.75) is 56.1 Å². The molecule has 2 aliphatic carbocycles. The van der Waals surface area contributed by atoms with Gasteiger partial charge in [-0.15, -0.1) is 0 Å². The zero-order chi connectivity index (χ0) is 21.8. The van der Waals surface area contributed by atoms with E-state index in [0.717, 1.165) is 41.9 Å². The first-order chi connectivity index (χ1) is 15.0. The molecule has 0 saturated heterocycles. The van der Waals surface area contributed by atoms with Crippen LogP contribution in [0.3, 0.4) is 0 Å². The number of thioether (sulfide) groups is 1. The summed E-state index contributed by atoms with van der Waals surface area (Å²) in [7, 11) is 4.13. The van der Waals surface area contributed by atoms with Crippen molar-refractivity contribution in [1.82, 2.24) is 19.4 Å². The predicted octanol–water partition coefficient (Wildman–Crippen LogP) is 5.36. The van der Waals surface area contributed by atoms with Gasteiger partial charge in [-0.3, -0.25) is 9.36 Å². The van der Waals surface area contributed by atoms with E-state index >= 15 is 0 Å². The average Bonchev–Trinajstić information content (AvgIpc) is 3.50. The minimum atomic E-state index is 0.0482. The molecule has 1 aromatic carbocycles. The number of hydrogen-bond donors (Lipinski definition) is 0. The minimum Gasteiger partial charge on any atom is -0.337 e. The molecule has 1 amide bonds. The summed E-state index contributed by atoms with van der Waals surface area (Å²) in [6.45, 7) is 2.20. The largest absolute Gasteiger partial charge is 0.337 e. The molecule has 5 nitrogen and oxygen atoms in total. The normalized spacial score (nSPS) is 17.3. The fraction of sp³-hybridized carbons (Fsp3) is 0.583. The Hall–Kier alpha value is -1.50. The molecule has 168 valence electrons. The highest BCUT2D eigenvalue weighted by atomic mass is 35.5. The topological polar surface area (TPSA) is 41.4 Å². The van der Waals surface area contributed by atoms with Gasteiger partial charge in [0.1, 0.15) is 5.69 Å². The van der Waals surface area contributed by atoms with Crippen LogP contribution in [0.1, 0.15) is 55.4 Å². The van der Waals surface area contributed by atoms with Gasteiger partial charge in [-0.25, -0.2) is 4.98 Å². The summed E-state index contributed by atoms with van der Waals surface area (Å²) in [4.78, 5) is 22.4. The maximum absolute atomic E-state index is 13.5. The second-order valence-electron chi connectivity index (χ2n) is 9.00. The monoisotopic (exact) mass is 460 g/mol. The number of imidazole rings is 1. The van der Waals surface area contributed by atoms with Crippen molar-refractivity contribution in [2.24, 2.45) is 5.92 Å². The molecule has 2 fully saturated rings. The molecule has 2 saturated carbocycles. The SMILES string of the molecule is CN(CCSc1ncc(C(=O)N(C)C2CCCCC2)n1-c1ccc(Cl)cc1)CC1CC1. The van der Waals surface area contributed by atoms with Crippen LogP contribution in [0.2, 0.25) is 5.02 Å². The molecule has 0 atom stereocenters. The maximum Gasteiger partial charge on any atom is 0.272 e. The van der Waals surface area contributed by atoms with Crippen molar-refractivity contribution >= 4 is 29.3 Å². The first-order valence-corrected chi connectivity index (χ1v) is 12.8. The quantitative estimate of drug-likeness (QED) is 0.472. The van der Waals surface area contributed by atoms with E-state index < -0.39 is 0 Å². The Labute approximate surface area is 195 Å². The van der Waals surface area contributed by atoms with Crippen molar-refractivity contribution in [3.8, 4) is 5.69 Å². The lowest BCUT2D eigenvalue weighted by atomic mass is 9.94. The van der Waals surface area contributed by atoms with Gasteiger partial charge in [-0.05, 0) is 62.9 Å². The zero-order valence-electron chi connectivity index (χ0n) is 18.6. The smallest absolute Gasteiger partial charge is 0.272 e. The third kappa shape index (κ3) is 5.85. The Morgan fingerprint density at radius 3 is 2.52 bits per heavy atom. The molecule has 0 N–H and O–H groups in total. The Morgan fingerprint density at radius 1 is 1.13 bits per heavy atom. The second kappa shape index (κ2) is 10.4. The van der Waals surface area contributed by atoms with E-state index in [1.165, 1.54) is 38.6 Å². The Bertz CT molecular complexity index is 874. The van der Waals surface area contributed by atoms with Crippen molar-refractivity contribution in [1.29, 1.82) is 0 Å². The number of nitrogens with zero attached hydrogens (tertiary/aromatic N) is 4. The zero-order valence-corrected chi connectivity index (χ0v) is 20.2. The number of benzene rings is 1. The first-order valence-electron chi connectivity index (χ1n) is 11.4. The van der Waals surface area contributed by atoms with Gasteiger partial charge in [0, 0.05) is 42.6 Å². The van der Waals surface area contributed by atoms with E-state index in [1.54, 1.807) is 18.0 Å². The summed E-state index contributed by atoms with van der Waals surface area (Å²) in [6.07, 6.45) is 10.3. The van der Waals surface area contributed by atoms with Gasteiger partial charge in [0.15, 0.2) is 5.16 Å². The number of carbonyl (C=O) groups is 1. The van der Waals surface area contributed by atoms with E-state index in [0.29, 0.717) is 16.8 Å². The summed E-state index contributed by atoms with van der Waals surface area (Å²) >= 11 is 7.84. The number of amides is 1. The Kier molecular flexibility index (Phi) is 7.62. The van der Waals surface area contributed by atoms with E-state index in [1.807, 2.05) is 40.8 Å². The highest BCUT2D eigenvalue weighted by molar-refractivity contribution is 7.99. The lowest BCUT2D eigenvalue weighted by molar-refractivity contribution is 0.0687. The molecule has 0 aliphatic heterocycles. The maximum atomic E-state index is 13.5. The van der Waals surface area contributed by atoms with Gasteiger partial charge >= 0.3 is 0 Å². The van der Waals surface area contributed by atoms with Gasteiger partial charge in [-0.1, -0.05) is 42.6 Å². The lowest BCUT2D eigenvalue weighted by Gasteiger charge is -2.31. The number of halogens is 1. The number of carbonyl (C=O) groups excluding carboxylic acids is 1. The summed E-state index contributed by atoms with van der Waals surface area (Å²) < 4.78 is 2.00. The van der Waals surface area contributed by atoms with E-state index in [9.17, 15) is 4.79 Å². The van der Waals surface area contributed by atoms with Crippen LogP contribution >= 0.6 is 23.4 Å². The van der Waals surface area contributed by atoms with Crippen LogP contribution in [-0.2, 0) is 0 Å².